The average Bonchev–Trinajstić information content (AvgIpc) is 2.98. The van der Waals surface area contributed by atoms with Gasteiger partial charge in [0.25, 0.3) is 0 Å². The van der Waals surface area contributed by atoms with E-state index in [0.29, 0.717) is 11.3 Å². The third kappa shape index (κ3) is 2.36. The van der Waals surface area contributed by atoms with Crippen molar-refractivity contribution in [2.75, 3.05) is 0 Å². The molecule has 0 aliphatic carbocycles. The Hall–Kier alpha value is -2.75. The Morgan fingerprint density at radius 2 is 1.65 bits per heavy atom. The van der Waals surface area contributed by atoms with E-state index < -0.39 is 0 Å². The molecular formula is C16H11FN2O. The fourth-order valence-corrected chi connectivity index (χ4v) is 1.92. The maximum atomic E-state index is 12.8. The molecule has 0 saturated heterocycles. The quantitative estimate of drug-likeness (QED) is 0.682. The molecule has 0 aliphatic rings. The van der Waals surface area contributed by atoms with Gasteiger partial charge in [0.05, 0.1) is 5.69 Å². The van der Waals surface area contributed by atoms with E-state index in [-0.39, 0.29) is 11.6 Å². The van der Waals surface area contributed by atoms with Crippen molar-refractivity contribution in [1.82, 2.24) is 9.78 Å². The van der Waals surface area contributed by atoms with Crippen LogP contribution < -0.4 is 0 Å². The van der Waals surface area contributed by atoms with E-state index in [1.807, 2.05) is 30.3 Å². The van der Waals surface area contributed by atoms with E-state index in [9.17, 15) is 9.18 Å². The molecular weight excluding hydrogens is 255 g/mol. The highest BCUT2D eigenvalue weighted by Gasteiger charge is 2.12. The molecule has 0 spiro atoms. The first-order valence-corrected chi connectivity index (χ1v) is 6.15. The molecule has 0 atom stereocenters. The first-order chi connectivity index (χ1) is 9.74. The number of para-hydroxylation sites is 1. The summed E-state index contributed by atoms with van der Waals surface area (Å²) in [6.07, 6.45) is 1.73. The second-order valence-corrected chi connectivity index (χ2v) is 4.32. The predicted octanol–water partition coefficient (Wildman–Crippen LogP) is 3.24. The van der Waals surface area contributed by atoms with Crippen molar-refractivity contribution in [3.05, 3.63) is 83.9 Å². The Kier molecular flexibility index (Phi) is 3.13. The number of carbonyl (C=O) groups excluding carboxylic acids is 1. The number of hydrogen-bond acceptors (Lipinski definition) is 2. The second kappa shape index (κ2) is 5.09. The molecule has 4 heteroatoms. The third-order valence-electron chi connectivity index (χ3n) is 2.95. The number of benzene rings is 2. The first-order valence-electron chi connectivity index (χ1n) is 6.15. The lowest BCUT2D eigenvalue weighted by atomic mass is 10.1. The average molecular weight is 266 g/mol. The van der Waals surface area contributed by atoms with Crippen molar-refractivity contribution < 1.29 is 9.18 Å². The molecule has 3 nitrogen and oxygen atoms in total. The molecule has 2 aromatic carbocycles. The molecule has 3 aromatic rings. The lowest BCUT2D eigenvalue weighted by Gasteiger charge is -2.00. The Bertz CT molecular complexity index is 733. The van der Waals surface area contributed by atoms with Crippen LogP contribution in [0.3, 0.4) is 0 Å². The summed E-state index contributed by atoms with van der Waals surface area (Å²) in [5.41, 5.74) is 1.64. The molecule has 0 bridgehead atoms. The van der Waals surface area contributed by atoms with Gasteiger partial charge in [0.1, 0.15) is 11.5 Å². The Labute approximate surface area is 115 Å². The van der Waals surface area contributed by atoms with Gasteiger partial charge in [-0.3, -0.25) is 4.79 Å². The van der Waals surface area contributed by atoms with Crippen molar-refractivity contribution >= 4 is 5.78 Å². The van der Waals surface area contributed by atoms with Gasteiger partial charge in [0.15, 0.2) is 0 Å². The predicted molar refractivity (Wildman–Crippen MR) is 73.4 cm³/mol. The van der Waals surface area contributed by atoms with Crippen molar-refractivity contribution in [3.8, 4) is 5.69 Å². The van der Waals surface area contributed by atoms with Gasteiger partial charge >= 0.3 is 0 Å². The van der Waals surface area contributed by atoms with Crippen molar-refractivity contribution in [2.45, 2.75) is 0 Å². The SMILES string of the molecule is O=C(c1ccc(F)cc1)c1ccn(-c2ccccc2)n1. The second-order valence-electron chi connectivity index (χ2n) is 4.32. The van der Waals surface area contributed by atoms with Gasteiger partial charge in [-0.2, -0.15) is 5.10 Å². The van der Waals surface area contributed by atoms with E-state index in [1.54, 1.807) is 16.9 Å². The topological polar surface area (TPSA) is 34.9 Å². The number of aromatic nitrogens is 2. The van der Waals surface area contributed by atoms with E-state index in [4.69, 9.17) is 0 Å². The van der Waals surface area contributed by atoms with E-state index in [0.717, 1.165) is 5.69 Å². The lowest BCUT2D eigenvalue weighted by Crippen LogP contribution is -2.04. The van der Waals surface area contributed by atoms with Crippen LogP contribution in [-0.4, -0.2) is 15.6 Å². The number of rotatable bonds is 3. The maximum absolute atomic E-state index is 12.8. The monoisotopic (exact) mass is 266 g/mol. The molecule has 1 aromatic heterocycles. The van der Waals surface area contributed by atoms with Crippen LogP contribution in [0.2, 0.25) is 0 Å². The van der Waals surface area contributed by atoms with Gasteiger partial charge < -0.3 is 0 Å². The summed E-state index contributed by atoms with van der Waals surface area (Å²) in [5, 5.41) is 4.25. The fraction of sp³-hybridized carbons (Fsp3) is 0. The highest BCUT2D eigenvalue weighted by Crippen LogP contribution is 2.11. The maximum Gasteiger partial charge on any atom is 0.213 e. The third-order valence-corrected chi connectivity index (χ3v) is 2.95. The van der Waals surface area contributed by atoms with Crippen LogP contribution >= 0.6 is 0 Å². The number of halogens is 1. The Balaban J connectivity index is 1.90. The Morgan fingerprint density at radius 3 is 2.35 bits per heavy atom. The number of nitrogens with zero attached hydrogens (tertiary/aromatic N) is 2. The van der Waals surface area contributed by atoms with Gasteiger partial charge in [-0.25, -0.2) is 9.07 Å². The first kappa shape index (κ1) is 12.3. The molecule has 1 heterocycles. The van der Waals surface area contributed by atoms with E-state index in [2.05, 4.69) is 5.10 Å². The van der Waals surface area contributed by atoms with Gasteiger partial charge in [0, 0.05) is 11.8 Å². The molecule has 0 aliphatic heterocycles. The molecule has 0 amide bonds. The largest absolute Gasteiger partial charge is 0.287 e. The van der Waals surface area contributed by atoms with Crippen LogP contribution in [0.15, 0.2) is 66.9 Å². The van der Waals surface area contributed by atoms with Crippen molar-refractivity contribution in [2.24, 2.45) is 0 Å². The van der Waals surface area contributed by atoms with Crippen LogP contribution in [0.1, 0.15) is 16.1 Å². The highest BCUT2D eigenvalue weighted by molar-refractivity contribution is 6.07. The van der Waals surface area contributed by atoms with Crippen molar-refractivity contribution in [3.63, 3.8) is 0 Å². The van der Waals surface area contributed by atoms with Crippen LogP contribution in [-0.2, 0) is 0 Å². The standard InChI is InChI=1S/C16H11FN2O/c17-13-8-6-12(7-9-13)16(20)15-10-11-19(18-15)14-4-2-1-3-5-14/h1-11H. The van der Waals surface area contributed by atoms with Crippen LogP contribution in [0.25, 0.3) is 5.69 Å². The number of ketones is 1. The Morgan fingerprint density at radius 1 is 0.950 bits per heavy atom. The zero-order valence-electron chi connectivity index (χ0n) is 10.5. The molecule has 0 N–H and O–H groups in total. The molecule has 0 radical (unpaired) electrons. The zero-order chi connectivity index (χ0) is 13.9. The number of hydrogen-bond donors (Lipinski definition) is 0. The number of carbonyl (C=O) groups is 1. The summed E-state index contributed by atoms with van der Waals surface area (Å²) in [5.74, 6) is -0.587. The molecule has 0 fully saturated rings. The van der Waals surface area contributed by atoms with Crippen LogP contribution in [0, 0.1) is 5.82 Å². The summed E-state index contributed by atoms with van der Waals surface area (Å²) in [7, 11) is 0. The van der Waals surface area contributed by atoms with Gasteiger partial charge in [0.2, 0.25) is 5.78 Å². The van der Waals surface area contributed by atoms with Gasteiger partial charge in [-0.15, -0.1) is 0 Å². The van der Waals surface area contributed by atoms with Crippen LogP contribution in [0.4, 0.5) is 4.39 Å². The van der Waals surface area contributed by atoms with E-state index in [1.165, 1.54) is 24.3 Å². The van der Waals surface area contributed by atoms with Gasteiger partial charge in [-0.05, 0) is 42.5 Å². The molecule has 0 saturated carbocycles. The normalized spacial score (nSPS) is 10.4. The summed E-state index contributed by atoms with van der Waals surface area (Å²) in [4.78, 5) is 12.2. The minimum absolute atomic E-state index is 0.223. The van der Waals surface area contributed by atoms with Crippen molar-refractivity contribution in [1.29, 1.82) is 0 Å². The fourth-order valence-electron chi connectivity index (χ4n) is 1.92. The summed E-state index contributed by atoms with van der Waals surface area (Å²) >= 11 is 0. The summed E-state index contributed by atoms with van der Waals surface area (Å²) in [6.45, 7) is 0. The van der Waals surface area contributed by atoms with E-state index >= 15 is 0 Å². The lowest BCUT2D eigenvalue weighted by molar-refractivity contribution is 0.103. The van der Waals surface area contributed by atoms with Gasteiger partial charge in [-0.1, -0.05) is 18.2 Å². The molecule has 20 heavy (non-hydrogen) atoms. The summed E-state index contributed by atoms with van der Waals surface area (Å²) < 4.78 is 14.5. The molecule has 3 rings (SSSR count). The molecule has 98 valence electrons. The smallest absolute Gasteiger partial charge is 0.213 e. The zero-order valence-corrected chi connectivity index (χ0v) is 10.5. The summed E-state index contributed by atoms with van der Waals surface area (Å²) in [6, 6.07) is 16.6. The van der Waals surface area contributed by atoms with Crippen LogP contribution in [0.5, 0.6) is 0 Å². The minimum Gasteiger partial charge on any atom is -0.287 e. The highest BCUT2D eigenvalue weighted by atomic mass is 19.1. The minimum atomic E-state index is -0.364. The molecule has 0 unspecified atom stereocenters.